The Balaban J connectivity index is 0.000000145. The molecule has 0 unspecified atom stereocenters. The Kier molecular flexibility index (Phi) is 19.8. The summed E-state index contributed by atoms with van der Waals surface area (Å²) in [6.07, 6.45) is 0. The van der Waals surface area contributed by atoms with E-state index in [0.717, 1.165) is 78.2 Å². The molecule has 8 heteroatoms. The molecular formula is C87H72BClN4O2. The van der Waals surface area contributed by atoms with E-state index in [1.54, 1.807) is 6.07 Å². The Labute approximate surface area is 564 Å². The fourth-order valence-corrected chi connectivity index (χ4v) is 11.6. The van der Waals surface area contributed by atoms with E-state index >= 15 is 0 Å². The van der Waals surface area contributed by atoms with Gasteiger partial charge in [0.1, 0.15) is 5.15 Å². The Bertz CT molecular complexity index is 4670. The van der Waals surface area contributed by atoms with Gasteiger partial charge in [-0.2, -0.15) is 0 Å². The van der Waals surface area contributed by atoms with Crippen molar-refractivity contribution in [1.82, 2.24) is 19.9 Å². The number of nitrogens with zero attached hydrogens (tertiary/aromatic N) is 4. The van der Waals surface area contributed by atoms with Crippen LogP contribution in [0.15, 0.2) is 340 Å². The molecule has 1 saturated heterocycles. The van der Waals surface area contributed by atoms with Gasteiger partial charge < -0.3 is 9.31 Å². The van der Waals surface area contributed by atoms with Crippen molar-refractivity contribution in [2.75, 3.05) is 0 Å². The molecule has 0 N–H and O–H groups in total. The summed E-state index contributed by atoms with van der Waals surface area (Å²) in [4.78, 5) is 19.0. The number of halogens is 1. The summed E-state index contributed by atoms with van der Waals surface area (Å²) >= 11 is 6.10. The number of hydrogen-bond donors (Lipinski definition) is 0. The van der Waals surface area contributed by atoms with Crippen molar-refractivity contribution in [3.05, 3.63) is 345 Å². The van der Waals surface area contributed by atoms with Crippen molar-refractivity contribution in [2.24, 2.45) is 0 Å². The first-order chi connectivity index (χ1) is 45.9. The van der Waals surface area contributed by atoms with E-state index in [9.17, 15) is 0 Å². The van der Waals surface area contributed by atoms with Gasteiger partial charge in [-0.25, -0.2) is 19.9 Å². The highest BCUT2D eigenvalue weighted by atomic mass is 35.5. The molecule has 0 amide bonds. The molecule has 0 atom stereocenters. The van der Waals surface area contributed by atoms with Crippen molar-refractivity contribution in [1.29, 1.82) is 0 Å². The molecule has 0 aliphatic carbocycles. The summed E-state index contributed by atoms with van der Waals surface area (Å²) in [7, 11) is -0.402. The van der Waals surface area contributed by atoms with Crippen LogP contribution < -0.4 is 5.46 Å². The fourth-order valence-electron chi connectivity index (χ4n) is 11.4. The zero-order valence-electron chi connectivity index (χ0n) is 52.9. The van der Waals surface area contributed by atoms with Gasteiger partial charge in [-0.3, -0.25) is 0 Å². The van der Waals surface area contributed by atoms with Gasteiger partial charge >= 0.3 is 7.12 Å². The first-order valence-electron chi connectivity index (χ1n) is 31.7. The Hall–Kier alpha value is -10.9. The molecule has 462 valence electrons. The first kappa shape index (κ1) is 64.2. The maximum Gasteiger partial charge on any atom is 0.494 e. The highest BCUT2D eigenvalue weighted by molar-refractivity contribution is 6.62. The highest BCUT2D eigenvalue weighted by Crippen LogP contribution is 2.39. The molecule has 0 bridgehead atoms. The second kappa shape index (κ2) is 29.4. The van der Waals surface area contributed by atoms with Crippen LogP contribution in [0.5, 0.6) is 0 Å². The van der Waals surface area contributed by atoms with Crippen molar-refractivity contribution in [3.63, 3.8) is 0 Å². The van der Waals surface area contributed by atoms with Crippen LogP contribution in [0.3, 0.4) is 0 Å². The Morgan fingerprint density at radius 1 is 0.242 bits per heavy atom. The molecule has 1 fully saturated rings. The van der Waals surface area contributed by atoms with Crippen molar-refractivity contribution in [3.8, 4) is 123 Å². The van der Waals surface area contributed by atoms with Crippen molar-refractivity contribution >= 4 is 24.2 Å². The van der Waals surface area contributed by atoms with Crippen LogP contribution in [-0.2, 0) is 9.31 Å². The first-order valence-corrected chi connectivity index (χ1v) is 32.1. The molecule has 0 spiro atoms. The number of aromatic nitrogens is 4. The van der Waals surface area contributed by atoms with E-state index in [1.807, 2.05) is 115 Å². The maximum atomic E-state index is 6.39. The van der Waals surface area contributed by atoms with Gasteiger partial charge in [0.25, 0.3) is 0 Å². The highest BCUT2D eigenvalue weighted by Gasteiger charge is 2.52. The SMILES string of the molecule is C.CC1(C)OB(c2cc(-c3ccccc3)cc(-c3ccc(-c4ccccc4)cc3)c2)OC1(C)C.Clc1cc(-c2ccccc2)nc(-c2ccccc2)n1.c1ccc(-c2ccc(-c3cc(-c4ccccc4)cc(-c4cc(-c5ccccc5)nc(-c5ccccc5)n4)c3)cc2)cc1. The second-order valence-corrected chi connectivity index (χ2v) is 24.6. The molecule has 95 heavy (non-hydrogen) atoms. The van der Waals surface area contributed by atoms with Crippen LogP contribution in [0, 0.1) is 0 Å². The fraction of sp³-hybridized carbons (Fsp3) is 0.0805. The Morgan fingerprint density at radius 3 is 0.811 bits per heavy atom. The Morgan fingerprint density at radius 2 is 0.474 bits per heavy atom. The molecule has 3 heterocycles. The molecule has 6 nitrogen and oxygen atoms in total. The molecule has 2 aromatic heterocycles. The number of benzene rings is 12. The lowest BCUT2D eigenvalue weighted by Crippen LogP contribution is -2.41. The summed E-state index contributed by atoms with van der Waals surface area (Å²) in [6.45, 7) is 8.38. The average molecular weight is 1250 g/mol. The zero-order chi connectivity index (χ0) is 64.3. The molecule has 1 aliphatic rings. The quantitative estimate of drug-likeness (QED) is 0.0897. The third-order valence-electron chi connectivity index (χ3n) is 17.2. The largest absolute Gasteiger partial charge is 0.494 e. The van der Waals surface area contributed by atoms with Crippen LogP contribution in [0.25, 0.3) is 123 Å². The van der Waals surface area contributed by atoms with Gasteiger partial charge in [-0.1, -0.05) is 322 Å². The van der Waals surface area contributed by atoms with Crippen LogP contribution in [-0.4, -0.2) is 38.3 Å². The van der Waals surface area contributed by atoms with Gasteiger partial charge in [0, 0.05) is 33.9 Å². The van der Waals surface area contributed by atoms with Gasteiger partial charge in [0.15, 0.2) is 11.6 Å². The summed E-state index contributed by atoms with van der Waals surface area (Å²) in [5.74, 6) is 1.36. The third kappa shape index (κ3) is 15.4. The average Bonchev–Trinajstić information content (AvgIpc) is 1.71. The van der Waals surface area contributed by atoms with Crippen molar-refractivity contribution < 1.29 is 9.31 Å². The molecule has 15 rings (SSSR count). The smallest absolute Gasteiger partial charge is 0.399 e. The zero-order valence-corrected chi connectivity index (χ0v) is 53.6. The molecule has 1 aliphatic heterocycles. The normalized spacial score (nSPS) is 12.7. The van der Waals surface area contributed by atoms with Crippen LogP contribution in [0.4, 0.5) is 0 Å². The molecule has 0 radical (unpaired) electrons. The third-order valence-corrected chi connectivity index (χ3v) is 17.4. The van der Waals surface area contributed by atoms with E-state index < -0.39 is 7.12 Å². The summed E-state index contributed by atoms with van der Waals surface area (Å²) < 4.78 is 12.8. The van der Waals surface area contributed by atoms with E-state index in [1.165, 1.54) is 38.9 Å². The molecular weight excluding hydrogens is 1180 g/mol. The topological polar surface area (TPSA) is 70.0 Å². The molecule has 14 aromatic rings. The van der Waals surface area contributed by atoms with Gasteiger partial charge in [-0.05, 0) is 130 Å². The van der Waals surface area contributed by atoms with Crippen LogP contribution in [0.1, 0.15) is 35.1 Å². The second-order valence-electron chi connectivity index (χ2n) is 24.2. The lowest BCUT2D eigenvalue weighted by atomic mass is 9.76. The molecule has 12 aromatic carbocycles. The van der Waals surface area contributed by atoms with E-state index in [4.69, 9.17) is 30.9 Å². The number of rotatable bonds is 12. The summed E-state index contributed by atoms with van der Waals surface area (Å²) in [5.41, 5.74) is 22.1. The van der Waals surface area contributed by atoms with Crippen LogP contribution in [0.2, 0.25) is 5.15 Å². The minimum Gasteiger partial charge on any atom is -0.399 e. The molecule has 0 saturated carbocycles. The van der Waals surface area contributed by atoms with Gasteiger partial charge in [0.2, 0.25) is 0 Å². The van der Waals surface area contributed by atoms with Crippen molar-refractivity contribution in [2.45, 2.75) is 46.3 Å². The standard InChI is InChI=1S/C40H28N2.C30H29BO2.C16H11ClN2.CH4/c1-5-13-29(14-6-1)31-21-23-32(24-22-31)36-25-35(30-15-7-2-8-16-30)26-37(27-36)39-28-38(33-17-9-3-10-18-33)41-40(42-39)34-19-11-4-12-20-34;1-29(2)30(3,4)33-31(32-29)28-20-26(23-13-9-6-10-14-23)19-27(21-28)25-17-15-24(16-18-25)22-11-7-5-8-12-22;17-15-11-14(12-7-3-1-4-8-12)18-16(19-15)13-9-5-2-6-10-13;/h1-28H;5-21H,1-4H3;1-11H;1H4. The van der Waals surface area contributed by atoms with E-state index in [-0.39, 0.29) is 18.6 Å². The van der Waals surface area contributed by atoms with E-state index in [0.29, 0.717) is 16.8 Å². The minimum atomic E-state index is -0.402. The lowest BCUT2D eigenvalue weighted by Gasteiger charge is -2.32. The van der Waals surface area contributed by atoms with E-state index in [2.05, 4.69) is 256 Å². The predicted molar refractivity (Wildman–Crippen MR) is 398 cm³/mol. The predicted octanol–water partition coefficient (Wildman–Crippen LogP) is 22.6. The van der Waals surface area contributed by atoms with Gasteiger partial charge in [0.05, 0.1) is 28.3 Å². The summed E-state index contributed by atoms with van der Waals surface area (Å²) in [6, 6.07) is 117. The van der Waals surface area contributed by atoms with Gasteiger partial charge in [-0.15, -0.1) is 0 Å². The summed E-state index contributed by atoms with van der Waals surface area (Å²) in [5, 5.41) is 0.452. The number of hydrogen-bond acceptors (Lipinski definition) is 6. The minimum absolute atomic E-state index is 0. The maximum absolute atomic E-state index is 6.39. The lowest BCUT2D eigenvalue weighted by molar-refractivity contribution is 0.00578. The monoisotopic (exact) mass is 1250 g/mol. The van der Waals surface area contributed by atoms with Crippen LogP contribution >= 0.6 is 11.6 Å².